The molecule has 1 saturated heterocycles. The van der Waals surface area contributed by atoms with Gasteiger partial charge in [-0.3, -0.25) is 9.69 Å². The summed E-state index contributed by atoms with van der Waals surface area (Å²) >= 11 is 1.47. The Morgan fingerprint density at radius 1 is 1.16 bits per heavy atom. The molecule has 2 rings (SSSR count). The lowest BCUT2D eigenvalue weighted by Crippen LogP contribution is -2.40. The predicted octanol–water partition coefficient (Wildman–Crippen LogP) is 3.88. The number of carbonyl (C=O) groups is 1. The largest absolute Gasteiger partial charge is 0.299 e. The van der Waals surface area contributed by atoms with Crippen LogP contribution in [0.25, 0.3) is 0 Å². The van der Waals surface area contributed by atoms with Gasteiger partial charge >= 0.3 is 0 Å². The third kappa shape index (κ3) is 4.08. The molecule has 1 aromatic rings. The average Bonchev–Trinajstić information content (AvgIpc) is 2.46. The third-order valence-corrected chi connectivity index (χ3v) is 5.08. The monoisotopic (exact) mass is 277 g/mol. The first kappa shape index (κ1) is 14.6. The van der Waals surface area contributed by atoms with Gasteiger partial charge in [0.25, 0.3) is 0 Å². The molecule has 1 aromatic carbocycles. The summed E-state index contributed by atoms with van der Waals surface area (Å²) < 4.78 is 0. The van der Waals surface area contributed by atoms with Crippen LogP contribution < -0.4 is 0 Å². The Bertz CT molecular complexity index is 400. The Hall–Kier alpha value is -0.800. The zero-order chi connectivity index (χ0) is 13.7. The van der Waals surface area contributed by atoms with Crippen molar-refractivity contribution in [2.24, 2.45) is 0 Å². The number of carbonyl (C=O) groups excluding carboxylic acids is 1. The molecule has 0 saturated carbocycles. The molecule has 0 N–H and O–H groups in total. The molecule has 1 heterocycles. The van der Waals surface area contributed by atoms with E-state index >= 15 is 0 Å². The number of rotatable bonds is 4. The summed E-state index contributed by atoms with van der Waals surface area (Å²) in [5, 5.41) is 0.453. The van der Waals surface area contributed by atoms with Crippen LogP contribution in [0.4, 0.5) is 0 Å². The molecule has 19 heavy (non-hydrogen) atoms. The van der Waals surface area contributed by atoms with E-state index in [2.05, 4.69) is 36.1 Å². The smallest absolute Gasteiger partial charge is 0.186 e. The van der Waals surface area contributed by atoms with Gasteiger partial charge in [-0.05, 0) is 38.4 Å². The summed E-state index contributed by atoms with van der Waals surface area (Å²) in [6, 6.07) is 10.8. The van der Waals surface area contributed by atoms with Crippen molar-refractivity contribution in [1.29, 1.82) is 0 Å². The highest BCUT2D eigenvalue weighted by atomic mass is 32.2. The molecule has 3 heteroatoms. The third-order valence-electron chi connectivity index (χ3n) is 3.83. The Kier molecular flexibility index (Phi) is 5.46. The summed E-state index contributed by atoms with van der Waals surface area (Å²) in [7, 11) is 0. The van der Waals surface area contributed by atoms with Gasteiger partial charge in [0.1, 0.15) is 0 Å². The number of nitrogens with zero attached hydrogens (tertiary/aromatic N) is 1. The fourth-order valence-corrected chi connectivity index (χ4v) is 3.80. The van der Waals surface area contributed by atoms with Crippen LogP contribution in [0.1, 0.15) is 43.9 Å². The first-order valence-corrected chi connectivity index (χ1v) is 8.02. The quantitative estimate of drug-likeness (QED) is 0.833. The summed E-state index contributed by atoms with van der Waals surface area (Å²) in [6.07, 6.45) is 3.92. The van der Waals surface area contributed by atoms with E-state index in [0.717, 1.165) is 0 Å². The van der Waals surface area contributed by atoms with Crippen LogP contribution in [-0.2, 0) is 4.79 Å². The molecule has 2 atom stereocenters. The highest BCUT2D eigenvalue weighted by Crippen LogP contribution is 2.35. The van der Waals surface area contributed by atoms with Gasteiger partial charge in [0.05, 0.1) is 5.25 Å². The molecule has 104 valence electrons. The van der Waals surface area contributed by atoms with E-state index in [1.807, 2.05) is 6.07 Å². The zero-order valence-corrected chi connectivity index (χ0v) is 12.7. The van der Waals surface area contributed by atoms with Crippen molar-refractivity contribution in [2.45, 2.75) is 44.4 Å². The molecule has 1 aliphatic heterocycles. The number of hydrogen-bond donors (Lipinski definition) is 0. The minimum absolute atomic E-state index is 0.206. The molecule has 0 amide bonds. The second-order valence-corrected chi connectivity index (χ2v) is 6.60. The summed E-state index contributed by atoms with van der Waals surface area (Å²) in [4.78, 5) is 14.1. The highest BCUT2D eigenvalue weighted by Gasteiger charge is 2.27. The van der Waals surface area contributed by atoms with Gasteiger partial charge in [-0.15, -0.1) is 0 Å². The van der Waals surface area contributed by atoms with Crippen molar-refractivity contribution in [3.63, 3.8) is 0 Å². The molecule has 0 aliphatic carbocycles. The number of piperidine rings is 1. The van der Waals surface area contributed by atoms with Crippen molar-refractivity contribution >= 4 is 16.9 Å². The molecular formula is C16H23NOS. The number of benzene rings is 1. The van der Waals surface area contributed by atoms with Crippen molar-refractivity contribution in [3.8, 4) is 0 Å². The van der Waals surface area contributed by atoms with E-state index in [0.29, 0.717) is 6.04 Å². The van der Waals surface area contributed by atoms with E-state index in [4.69, 9.17) is 0 Å². The van der Waals surface area contributed by atoms with Crippen LogP contribution >= 0.6 is 11.8 Å². The SMILES string of the molecule is CC(=O)SC(c1ccccc1)C(C)N1CCCCC1. The lowest BCUT2D eigenvalue weighted by Gasteiger charge is -2.36. The summed E-state index contributed by atoms with van der Waals surface area (Å²) in [5.74, 6) is 0. The minimum atomic E-state index is 0.206. The Balaban J connectivity index is 2.14. The topological polar surface area (TPSA) is 20.3 Å². The maximum absolute atomic E-state index is 11.6. The molecular weight excluding hydrogens is 254 g/mol. The normalized spacial score (nSPS) is 19.9. The first-order chi connectivity index (χ1) is 9.18. The van der Waals surface area contributed by atoms with Gasteiger partial charge in [-0.25, -0.2) is 0 Å². The van der Waals surface area contributed by atoms with Crippen LogP contribution in [0.3, 0.4) is 0 Å². The second kappa shape index (κ2) is 7.11. The maximum Gasteiger partial charge on any atom is 0.186 e. The molecule has 0 bridgehead atoms. The summed E-state index contributed by atoms with van der Waals surface area (Å²) in [5.41, 5.74) is 1.26. The van der Waals surface area contributed by atoms with Gasteiger partial charge in [0, 0.05) is 13.0 Å². The second-order valence-electron chi connectivity index (χ2n) is 5.28. The molecule has 0 aromatic heterocycles. The lowest BCUT2D eigenvalue weighted by atomic mass is 10.0. The van der Waals surface area contributed by atoms with Crippen LogP contribution in [0.5, 0.6) is 0 Å². The van der Waals surface area contributed by atoms with Crippen LogP contribution in [0.2, 0.25) is 0 Å². The van der Waals surface area contributed by atoms with Crippen LogP contribution in [0, 0.1) is 0 Å². The van der Waals surface area contributed by atoms with Gasteiger partial charge in [0.2, 0.25) is 0 Å². The zero-order valence-electron chi connectivity index (χ0n) is 11.8. The minimum Gasteiger partial charge on any atom is -0.299 e. The van der Waals surface area contributed by atoms with Gasteiger partial charge in [0.15, 0.2) is 5.12 Å². The van der Waals surface area contributed by atoms with Crippen molar-refractivity contribution in [1.82, 2.24) is 4.90 Å². The fraction of sp³-hybridized carbons (Fsp3) is 0.562. The van der Waals surface area contributed by atoms with Gasteiger partial charge in [-0.1, -0.05) is 48.5 Å². The van der Waals surface area contributed by atoms with Crippen LogP contribution in [0.15, 0.2) is 30.3 Å². The van der Waals surface area contributed by atoms with Gasteiger partial charge < -0.3 is 0 Å². The molecule has 2 nitrogen and oxygen atoms in total. The highest BCUT2D eigenvalue weighted by molar-refractivity contribution is 8.13. The average molecular weight is 277 g/mol. The molecule has 0 spiro atoms. The van der Waals surface area contributed by atoms with Gasteiger partial charge in [-0.2, -0.15) is 0 Å². The first-order valence-electron chi connectivity index (χ1n) is 7.14. The van der Waals surface area contributed by atoms with Crippen molar-refractivity contribution in [2.75, 3.05) is 13.1 Å². The predicted molar refractivity (Wildman–Crippen MR) is 82.3 cm³/mol. The number of likely N-dealkylation sites (tertiary alicyclic amines) is 1. The number of hydrogen-bond acceptors (Lipinski definition) is 3. The lowest BCUT2D eigenvalue weighted by molar-refractivity contribution is -0.109. The fourth-order valence-electron chi connectivity index (χ4n) is 2.78. The van der Waals surface area contributed by atoms with Crippen molar-refractivity contribution in [3.05, 3.63) is 35.9 Å². The van der Waals surface area contributed by atoms with E-state index in [9.17, 15) is 4.79 Å². The summed E-state index contributed by atoms with van der Waals surface area (Å²) in [6.45, 7) is 6.27. The van der Waals surface area contributed by atoms with E-state index in [1.165, 1.54) is 49.7 Å². The number of thioether (sulfide) groups is 1. The van der Waals surface area contributed by atoms with Crippen molar-refractivity contribution < 1.29 is 4.79 Å². The molecule has 1 fully saturated rings. The maximum atomic E-state index is 11.6. The molecule has 2 unspecified atom stereocenters. The standard InChI is InChI=1S/C16H23NOS/c1-13(17-11-7-4-8-12-17)16(19-14(2)18)15-9-5-3-6-10-15/h3,5-6,9-10,13,16H,4,7-8,11-12H2,1-2H3. The molecule has 1 aliphatic rings. The Labute approximate surface area is 120 Å². The van der Waals surface area contributed by atoms with Crippen LogP contribution in [-0.4, -0.2) is 29.1 Å². The van der Waals surface area contributed by atoms with E-state index in [-0.39, 0.29) is 10.4 Å². The Morgan fingerprint density at radius 2 is 1.79 bits per heavy atom. The van der Waals surface area contributed by atoms with E-state index < -0.39 is 0 Å². The van der Waals surface area contributed by atoms with E-state index in [1.54, 1.807) is 6.92 Å². The Morgan fingerprint density at radius 3 is 2.37 bits per heavy atom. The molecule has 0 radical (unpaired) electrons.